The number of rotatable bonds is 5. The normalized spacial score (nSPS) is 33.0. The van der Waals surface area contributed by atoms with E-state index < -0.39 is 0 Å². The third kappa shape index (κ3) is 3.50. The fraction of sp³-hybridized carbons (Fsp3) is 1.00. The third-order valence-corrected chi connectivity index (χ3v) is 5.49. The minimum absolute atomic E-state index is 0.150. The predicted octanol–water partition coefficient (Wildman–Crippen LogP) is 2.64. The molecule has 19 heavy (non-hydrogen) atoms. The van der Waals surface area contributed by atoms with E-state index in [1.54, 1.807) is 0 Å². The molecule has 2 aliphatic rings. The highest BCUT2D eigenvalue weighted by Crippen LogP contribution is 2.33. The summed E-state index contributed by atoms with van der Waals surface area (Å²) in [6.07, 6.45) is 8.02. The van der Waals surface area contributed by atoms with Gasteiger partial charge in [-0.3, -0.25) is 4.90 Å². The Balaban J connectivity index is 1.98. The van der Waals surface area contributed by atoms with Gasteiger partial charge >= 0.3 is 0 Å². The maximum atomic E-state index is 6.16. The molecule has 2 N–H and O–H groups in total. The van der Waals surface area contributed by atoms with Crippen molar-refractivity contribution < 1.29 is 4.74 Å². The van der Waals surface area contributed by atoms with Gasteiger partial charge in [0, 0.05) is 24.6 Å². The average Bonchev–Trinajstić information content (AvgIpc) is 2.86. The lowest BCUT2D eigenvalue weighted by molar-refractivity contribution is 0.0469. The van der Waals surface area contributed by atoms with Crippen LogP contribution in [-0.2, 0) is 4.74 Å². The largest absolute Gasteiger partial charge is 0.381 e. The zero-order valence-electron chi connectivity index (χ0n) is 12.9. The number of likely N-dealkylation sites (tertiary alicyclic amines) is 1. The molecule has 0 radical (unpaired) electrons. The Labute approximate surface area is 118 Å². The highest BCUT2D eigenvalue weighted by molar-refractivity contribution is 4.96. The van der Waals surface area contributed by atoms with Crippen molar-refractivity contribution in [3.8, 4) is 0 Å². The van der Waals surface area contributed by atoms with Crippen molar-refractivity contribution in [2.45, 2.75) is 57.9 Å². The Morgan fingerprint density at radius 2 is 2.11 bits per heavy atom. The fourth-order valence-corrected chi connectivity index (χ4v) is 3.95. The monoisotopic (exact) mass is 268 g/mol. The van der Waals surface area contributed by atoms with E-state index in [2.05, 4.69) is 18.7 Å². The summed E-state index contributed by atoms with van der Waals surface area (Å²) in [5, 5.41) is 0. The maximum Gasteiger partial charge on any atom is 0.0513 e. The van der Waals surface area contributed by atoms with Crippen LogP contribution in [0.25, 0.3) is 0 Å². The Morgan fingerprint density at radius 1 is 1.26 bits per heavy atom. The van der Waals surface area contributed by atoms with Gasteiger partial charge in [-0.15, -0.1) is 0 Å². The van der Waals surface area contributed by atoms with Gasteiger partial charge in [-0.1, -0.05) is 19.8 Å². The van der Waals surface area contributed by atoms with Crippen LogP contribution in [-0.4, -0.2) is 43.3 Å². The molecule has 0 bridgehead atoms. The zero-order valence-corrected chi connectivity index (χ0v) is 12.9. The second-order valence-corrected chi connectivity index (χ2v) is 6.69. The first-order valence-electron chi connectivity index (χ1n) is 8.23. The summed E-state index contributed by atoms with van der Waals surface area (Å²) in [4.78, 5) is 2.68. The van der Waals surface area contributed by atoms with Crippen molar-refractivity contribution in [3.05, 3.63) is 0 Å². The van der Waals surface area contributed by atoms with Gasteiger partial charge in [0.25, 0.3) is 0 Å². The van der Waals surface area contributed by atoms with E-state index in [4.69, 9.17) is 10.5 Å². The van der Waals surface area contributed by atoms with Crippen molar-refractivity contribution in [2.75, 3.05) is 32.8 Å². The lowest BCUT2D eigenvalue weighted by Crippen LogP contribution is -2.57. The molecule has 0 aliphatic carbocycles. The number of hydrogen-bond donors (Lipinski definition) is 1. The molecular formula is C16H32N2O. The van der Waals surface area contributed by atoms with Crippen LogP contribution in [0.1, 0.15) is 52.4 Å². The lowest BCUT2D eigenvalue weighted by Gasteiger charge is -2.44. The van der Waals surface area contributed by atoms with E-state index in [-0.39, 0.29) is 5.54 Å². The lowest BCUT2D eigenvalue weighted by atomic mass is 9.83. The molecule has 0 spiro atoms. The van der Waals surface area contributed by atoms with Gasteiger partial charge in [-0.25, -0.2) is 0 Å². The average molecular weight is 268 g/mol. The van der Waals surface area contributed by atoms with Gasteiger partial charge in [0.1, 0.15) is 0 Å². The fourth-order valence-electron chi connectivity index (χ4n) is 3.95. The molecule has 0 saturated carbocycles. The summed E-state index contributed by atoms with van der Waals surface area (Å²) < 4.78 is 5.60. The molecule has 3 nitrogen and oxygen atoms in total. The highest BCUT2D eigenvalue weighted by atomic mass is 16.5. The summed E-state index contributed by atoms with van der Waals surface area (Å²) in [5.41, 5.74) is 6.32. The van der Waals surface area contributed by atoms with Gasteiger partial charge < -0.3 is 10.5 Å². The molecule has 2 heterocycles. The van der Waals surface area contributed by atoms with Gasteiger partial charge in [0.2, 0.25) is 0 Å². The number of ether oxygens (including phenoxy) is 1. The van der Waals surface area contributed by atoms with Crippen LogP contribution in [0.5, 0.6) is 0 Å². The predicted molar refractivity (Wildman–Crippen MR) is 80.2 cm³/mol. The van der Waals surface area contributed by atoms with E-state index in [0.29, 0.717) is 5.92 Å². The van der Waals surface area contributed by atoms with Crippen LogP contribution in [0.15, 0.2) is 0 Å². The summed E-state index contributed by atoms with van der Waals surface area (Å²) in [7, 11) is 0. The minimum Gasteiger partial charge on any atom is -0.381 e. The van der Waals surface area contributed by atoms with Crippen molar-refractivity contribution in [2.24, 2.45) is 17.6 Å². The standard InChI is InChI=1S/C16H32N2O/c1-3-5-14-6-4-9-18(10-7-14)16(2,13-17)15-8-11-19-12-15/h14-15H,3-13,17H2,1-2H3. The molecule has 3 heteroatoms. The van der Waals surface area contributed by atoms with E-state index in [1.165, 1.54) is 51.6 Å². The van der Waals surface area contributed by atoms with Crippen LogP contribution in [0, 0.1) is 11.8 Å². The Kier molecular flexibility index (Phi) is 5.67. The minimum atomic E-state index is 0.150. The number of nitrogens with zero attached hydrogens (tertiary/aromatic N) is 1. The van der Waals surface area contributed by atoms with Crippen molar-refractivity contribution >= 4 is 0 Å². The molecule has 0 amide bonds. The van der Waals surface area contributed by atoms with Crippen LogP contribution in [0.3, 0.4) is 0 Å². The third-order valence-electron chi connectivity index (χ3n) is 5.49. The molecule has 2 saturated heterocycles. The second kappa shape index (κ2) is 7.05. The molecule has 2 aliphatic heterocycles. The van der Waals surface area contributed by atoms with Crippen molar-refractivity contribution in [3.63, 3.8) is 0 Å². The summed E-state index contributed by atoms with van der Waals surface area (Å²) in [5.74, 6) is 1.57. The van der Waals surface area contributed by atoms with E-state index >= 15 is 0 Å². The van der Waals surface area contributed by atoms with Crippen LogP contribution in [0.4, 0.5) is 0 Å². The quantitative estimate of drug-likeness (QED) is 0.833. The second-order valence-electron chi connectivity index (χ2n) is 6.69. The molecule has 2 rings (SSSR count). The van der Waals surface area contributed by atoms with Crippen LogP contribution >= 0.6 is 0 Å². The molecular weight excluding hydrogens is 236 g/mol. The van der Waals surface area contributed by atoms with Gasteiger partial charge in [-0.2, -0.15) is 0 Å². The topological polar surface area (TPSA) is 38.5 Å². The Morgan fingerprint density at radius 3 is 2.74 bits per heavy atom. The summed E-state index contributed by atoms with van der Waals surface area (Å²) >= 11 is 0. The molecule has 2 fully saturated rings. The Bertz CT molecular complexity index is 265. The molecule has 0 aromatic rings. The summed E-state index contributed by atoms with van der Waals surface area (Å²) in [6.45, 7) is 9.73. The molecule has 0 aromatic carbocycles. The molecule has 112 valence electrons. The first-order chi connectivity index (χ1) is 9.20. The molecule has 3 atom stereocenters. The smallest absolute Gasteiger partial charge is 0.0513 e. The van der Waals surface area contributed by atoms with E-state index in [1.807, 2.05) is 0 Å². The number of nitrogens with two attached hydrogens (primary N) is 1. The van der Waals surface area contributed by atoms with E-state index in [0.717, 1.165) is 25.7 Å². The van der Waals surface area contributed by atoms with Crippen molar-refractivity contribution in [1.29, 1.82) is 0 Å². The Hall–Kier alpha value is -0.120. The molecule has 0 aromatic heterocycles. The first-order valence-corrected chi connectivity index (χ1v) is 8.23. The highest BCUT2D eigenvalue weighted by Gasteiger charge is 2.40. The van der Waals surface area contributed by atoms with Crippen LogP contribution < -0.4 is 5.73 Å². The SMILES string of the molecule is CCCC1CCCN(C(C)(CN)C2CCOC2)CC1. The van der Waals surface area contributed by atoms with Crippen LogP contribution in [0.2, 0.25) is 0 Å². The van der Waals surface area contributed by atoms with Gasteiger partial charge in [0.15, 0.2) is 0 Å². The maximum absolute atomic E-state index is 6.16. The summed E-state index contributed by atoms with van der Waals surface area (Å²) in [6, 6.07) is 0. The zero-order chi connectivity index (χ0) is 13.7. The number of hydrogen-bond acceptors (Lipinski definition) is 3. The van der Waals surface area contributed by atoms with E-state index in [9.17, 15) is 0 Å². The first kappa shape index (κ1) is 15.3. The molecule has 3 unspecified atom stereocenters. The van der Waals surface area contributed by atoms with Gasteiger partial charge in [-0.05, 0) is 51.6 Å². The van der Waals surface area contributed by atoms with Gasteiger partial charge in [0.05, 0.1) is 6.61 Å². The van der Waals surface area contributed by atoms with Crippen molar-refractivity contribution in [1.82, 2.24) is 4.90 Å².